The molecule has 4 aromatic rings. The lowest BCUT2D eigenvalue weighted by molar-refractivity contribution is -0.123. The molecule has 0 bridgehead atoms. The topological polar surface area (TPSA) is 63.8 Å². The Morgan fingerprint density at radius 3 is 2.74 bits per heavy atom. The molecule has 0 saturated heterocycles. The van der Waals surface area contributed by atoms with E-state index in [1.807, 2.05) is 66.7 Å². The van der Waals surface area contributed by atoms with Crippen LogP contribution in [0.2, 0.25) is 5.02 Å². The van der Waals surface area contributed by atoms with E-state index in [4.69, 9.17) is 20.8 Å². The lowest BCUT2D eigenvalue weighted by atomic mass is 10.1. The minimum absolute atomic E-state index is 0.148. The largest absolute Gasteiger partial charge is 0.483 e. The number of amides is 1. The molecule has 0 atom stereocenters. The van der Waals surface area contributed by atoms with E-state index in [9.17, 15) is 4.79 Å². The Bertz CT molecular complexity index is 1240. The average Bonchev–Trinajstić information content (AvgIpc) is 3.12. The number of halogens is 2. The van der Waals surface area contributed by atoms with Crippen LogP contribution in [-0.4, -0.2) is 18.7 Å². The number of furan rings is 1. The molecule has 0 unspecified atom stereocenters. The van der Waals surface area contributed by atoms with Gasteiger partial charge in [0.2, 0.25) is 0 Å². The molecule has 0 spiro atoms. The highest BCUT2D eigenvalue weighted by Gasteiger charge is 2.10. The maximum Gasteiger partial charge on any atom is 0.277 e. The minimum atomic E-state index is -0.370. The number of carbonyl (C=O) groups is 1. The molecule has 156 valence electrons. The molecule has 0 fully saturated rings. The summed E-state index contributed by atoms with van der Waals surface area (Å²) in [5.41, 5.74) is 2.44. The Kier molecular flexibility index (Phi) is 6.96. The lowest BCUT2D eigenvalue weighted by Crippen LogP contribution is -2.24. The highest BCUT2D eigenvalue weighted by molar-refractivity contribution is 9.10. The SMILES string of the molecule is O=C(COc1cccc2ccccc12)N/N=C\c1cc(Br)c(Sc2ccc(Cl)cc2)o1. The summed E-state index contributed by atoms with van der Waals surface area (Å²) in [6.07, 6.45) is 1.44. The first kappa shape index (κ1) is 21.5. The average molecular weight is 516 g/mol. The molecule has 0 aliphatic heterocycles. The smallest absolute Gasteiger partial charge is 0.277 e. The third kappa shape index (κ3) is 5.70. The van der Waals surface area contributed by atoms with Gasteiger partial charge in [-0.15, -0.1) is 0 Å². The first-order valence-corrected chi connectivity index (χ1v) is 11.2. The van der Waals surface area contributed by atoms with Crippen LogP contribution in [0.15, 0.2) is 96.8 Å². The molecule has 0 aliphatic rings. The van der Waals surface area contributed by atoms with Gasteiger partial charge in [0.05, 0.1) is 10.7 Å². The Morgan fingerprint density at radius 1 is 1.13 bits per heavy atom. The molecule has 0 aliphatic carbocycles. The van der Waals surface area contributed by atoms with Crippen LogP contribution in [0.25, 0.3) is 10.8 Å². The van der Waals surface area contributed by atoms with Crippen molar-refractivity contribution < 1.29 is 13.9 Å². The van der Waals surface area contributed by atoms with Crippen LogP contribution >= 0.6 is 39.3 Å². The van der Waals surface area contributed by atoms with Gasteiger partial charge in [-0.25, -0.2) is 5.43 Å². The zero-order valence-corrected chi connectivity index (χ0v) is 19.2. The predicted octanol–water partition coefficient (Wildman–Crippen LogP) is 6.53. The standard InChI is InChI=1S/C23H16BrClN2O3S/c24-20-12-17(30-23(20)31-18-10-8-16(25)9-11-18)13-26-27-22(28)14-29-21-7-3-5-15-4-1-2-6-19(15)21/h1-13H,14H2,(H,27,28)/b26-13-. The van der Waals surface area contributed by atoms with E-state index >= 15 is 0 Å². The number of rotatable bonds is 7. The number of nitrogens with one attached hydrogen (secondary N) is 1. The molecule has 1 heterocycles. The third-order valence-electron chi connectivity index (χ3n) is 4.19. The number of hydrazone groups is 1. The molecule has 4 rings (SSSR count). The second-order valence-electron chi connectivity index (χ2n) is 6.40. The second-order valence-corrected chi connectivity index (χ2v) is 8.74. The fraction of sp³-hybridized carbons (Fsp3) is 0.0435. The number of hydrogen-bond donors (Lipinski definition) is 1. The van der Waals surface area contributed by atoms with Crippen molar-refractivity contribution >= 4 is 62.2 Å². The molecule has 31 heavy (non-hydrogen) atoms. The van der Waals surface area contributed by atoms with Gasteiger partial charge in [-0.1, -0.05) is 59.8 Å². The Labute approximate surface area is 196 Å². The van der Waals surface area contributed by atoms with Crippen molar-refractivity contribution in [3.05, 3.63) is 88.1 Å². The van der Waals surface area contributed by atoms with Gasteiger partial charge in [0.15, 0.2) is 11.7 Å². The summed E-state index contributed by atoms with van der Waals surface area (Å²) in [5, 5.41) is 7.30. The predicted molar refractivity (Wildman–Crippen MR) is 127 cm³/mol. The van der Waals surface area contributed by atoms with E-state index in [0.29, 0.717) is 21.6 Å². The molecule has 5 nitrogen and oxygen atoms in total. The van der Waals surface area contributed by atoms with Gasteiger partial charge >= 0.3 is 0 Å². The van der Waals surface area contributed by atoms with E-state index in [1.165, 1.54) is 18.0 Å². The first-order chi connectivity index (χ1) is 15.1. The van der Waals surface area contributed by atoms with Crippen molar-refractivity contribution in [2.24, 2.45) is 5.10 Å². The van der Waals surface area contributed by atoms with Crippen LogP contribution in [0, 0.1) is 0 Å². The van der Waals surface area contributed by atoms with Crippen molar-refractivity contribution in [1.82, 2.24) is 5.43 Å². The first-order valence-electron chi connectivity index (χ1n) is 9.24. The number of nitrogens with zero attached hydrogens (tertiary/aromatic N) is 1. The van der Waals surface area contributed by atoms with Crippen molar-refractivity contribution in [2.75, 3.05) is 6.61 Å². The molecule has 1 amide bonds. The maximum atomic E-state index is 12.1. The van der Waals surface area contributed by atoms with Crippen molar-refractivity contribution in [1.29, 1.82) is 0 Å². The number of ether oxygens (including phenoxy) is 1. The Balaban J connectivity index is 1.32. The van der Waals surface area contributed by atoms with Gasteiger partial charge in [0.25, 0.3) is 5.91 Å². The van der Waals surface area contributed by atoms with Gasteiger partial charge in [0, 0.05) is 21.4 Å². The van der Waals surface area contributed by atoms with Crippen molar-refractivity contribution in [3.8, 4) is 5.75 Å². The fourth-order valence-electron chi connectivity index (χ4n) is 2.78. The summed E-state index contributed by atoms with van der Waals surface area (Å²) in [5.74, 6) is 0.778. The number of carbonyl (C=O) groups excluding carboxylic acids is 1. The normalized spacial score (nSPS) is 11.2. The zero-order valence-electron chi connectivity index (χ0n) is 16.0. The molecule has 1 N–H and O–H groups in total. The van der Waals surface area contributed by atoms with Gasteiger partial charge < -0.3 is 9.15 Å². The number of hydrogen-bond acceptors (Lipinski definition) is 5. The minimum Gasteiger partial charge on any atom is -0.483 e. The molecular weight excluding hydrogens is 500 g/mol. The Hall–Kier alpha value is -2.74. The van der Waals surface area contributed by atoms with Gasteiger partial charge in [-0.3, -0.25) is 4.79 Å². The van der Waals surface area contributed by atoms with E-state index in [-0.39, 0.29) is 12.5 Å². The van der Waals surface area contributed by atoms with E-state index in [1.54, 1.807) is 6.07 Å². The summed E-state index contributed by atoms with van der Waals surface area (Å²) >= 11 is 10.8. The molecule has 3 aromatic carbocycles. The van der Waals surface area contributed by atoms with Crippen LogP contribution in [-0.2, 0) is 4.79 Å². The highest BCUT2D eigenvalue weighted by atomic mass is 79.9. The summed E-state index contributed by atoms with van der Waals surface area (Å²) in [6.45, 7) is -0.148. The third-order valence-corrected chi connectivity index (χ3v) is 6.29. The molecule has 0 radical (unpaired) electrons. The lowest BCUT2D eigenvalue weighted by Gasteiger charge is -2.08. The van der Waals surface area contributed by atoms with Gasteiger partial charge in [0.1, 0.15) is 11.5 Å². The Morgan fingerprint density at radius 2 is 1.90 bits per heavy atom. The van der Waals surface area contributed by atoms with E-state index in [0.717, 1.165) is 20.1 Å². The van der Waals surface area contributed by atoms with Crippen molar-refractivity contribution in [3.63, 3.8) is 0 Å². The highest BCUT2D eigenvalue weighted by Crippen LogP contribution is 2.36. The maximum absolute atomic E-state index is 12.1. The molecule has 1 aromatic heterocycles. The van der Waals surface area contributed by atoms with Gasteiger partial charge in [-0.2, -0.15) is 5.10 Å². The number of benzene rings is 3. The van der Waals surface area contributed by atoms with E-state index < -0.39 is 0 Å². The second kappa shape index (κ2) is 10.0. The molecule has 0 saturated carbocycles. The monoisotopic (exact) mass is 514 g/mol. The van der Waals surface area contributed by atoms with Crippen LogP contribution in [0.5, 0.6) is 5.75 Å². The zero-order chi connectivity index (χ0) is 21.6. The number of fused-ring (bicyclic) bond motifs is 1. The quantitative estimate of drug-likeness (QED) is 0.224. The van der Waals surface area contributed by atoms with E-state index in [2.05, 4.69) is 26.5 Å². The fourth-order valence-corrected chi connectivity index (χ4v) is 4.23. The summed E-state index contributed by atoms with van der Waals surface area (Å²) in [7, 11) is 0. The van der Waals surface area contributed by atoms with Crippen molar-refractivity contribution in [2.45, 2.75) is 9.99 Å². The summed E-state index contributed by atoms with van der Waals surface area (Å²) < 4.78 is 12.2. The van der Waals surface area contributed by atoms with Gasteiger partial charge in [-0.05, 0) is 51.6 Å². The van der Waals surface area contributed by atoms with Crippen LogP contribution < -0.4 is 10.2 Å². The summed E-state index contributed by atoms with van der Waals surface area (Å²) in [4.78, 5) is 13.1. The summed E-state index contributed by atoms with van der Waals surface area (Å²) in [6, 6.07) is 22.8. The van der Waals surface area contributed by atoms with Crippen LogP contribution in [0.4, 0.5) is 0 Å². The van der Waals surface area contributed by atoms with Crippen LogP contribution in [0.3, 0.4) is 0 Å². The van der Waals surface area contributed by atoms with Crippen LogP contribution in [0.1, 0.15) is 5.76 Å². The molecule has 8 heteroatoms. The molecular formula is C23H16BrClN2O3S.